The Labute approximate surface area is 139 Å². The molecule has 0 saturated carbocycles. The van der Waals surface area contributed by atoms with Gasteiger partial charge in [-0.05, 0) is 30.5 Å². The van der Waals surface area contributed by atoms with Crippen molar-refractivity contribution in [2.75, 3.05) is 17.2 Å². The van der Waals surface area contributed by atoms with Gasteiger partial charge in [-0.3, -0.25) is 14.4 Å². The van der Waals surface area contributed by atoms with Crippen molar-refractivity contribution in [1.29, 1.82) is 0 Å². The molecule has 2 fully saturated rings. The van der Waals surface area contributed by atoms with Crippen molar-refractivity contribution in [3.63, 3.8) is 0 Å². The molecule has 23 heavy (non-hydrogen) atoms. The second-order valence-electron chi connectivity index (χ2n) is 5.94. The molecule has 0 radical (unpaired) electrons. The van der Waals surface area contributed by atoms with Gasteiger partial charge in [-0.15, -0.1) is 0 Å². The summed E-state index contributed by atoms with van der Waals surface area (Å²) in [4.78, 5) is 37.8. The summed E-state index contributed by atoms with van der Waals surface area (Å²) < 4.78 is 0. The molecule has 0 aromatic heterocycles. The van der Waals surface area contributed by atoms with Gasteiger partial charge >= 0.3 is 0 Å². The Bertz CT molecular complexity index is 629. The SMILES string of the molecule is CCc1ccc(N2CC(C(=O)NC3CCSC3=O)CC2=O)cc1. The fraction of sp³-hybridized carbons (Fsp3) is 0.471. The molecule has 122 valence electrons. The molecule has 0 bridgehead atoms. The zero-order valence-electron chi connectivity index (χ0n) is 13.1. The molecule has 0 aliphatic carbocycles. The number of thioether (sulfide) groups is 1. The molecule has 1 aromatic rings. The highest BCUT2D eigenvalue weighted by Crippen LogP contribution is 2.26. The third-order valence-corrected chi connectivity index (χ3v) is 5.41. The van der Waals surface area contributed by atoms with Crippen molar-refractivity contribution in [2.45, 2.75) is 32.2 Å². The molecule has 2 saturated heterocycles. The van der Waals surface area contributed by atoms with Crippen LogP contribution in [-0.2, 0) is 20.8 Å². The second-order valence-corrected chi connectivity index (χ2v) is 7.04. The number of hydrogen-bond acceptors (Lipinski definition) is 4. The first-order chi connectivity index (χ1) is 11.1. The van der Waals surface area contributed by atoms with Crippen molar-refractivity contribution in [3.8, 4) is 0 Å². The molecule has 2 heterocycles. The van der Waals surface area contributed by atoms with Gasteiger partial charge in [-0.25, -0.2) is 0 Å². The largest absolute Gasteiger partial charge is 0.345 e. The Morgan fingerprint density at radius 2 is 2.04 bits per heavy atom. The van der Waals surface area contributed by atoms with Gasteiger partial charge in [0, 0.05) is 24.4 Å². The topological polar surface area (TPSA) is 66.5 Å². The molecule has 0 spiro atoms. The van der Waals surface area contributed by atoms with E-state index in [4.69, 9.17) is 0 Å². The highest BCUT2D eigenvalue weighted by Gasteiger charge is 2.37. The van der Waals surface area contributed by atoms with E-state index >= 15 is 0 Å². The lowest BCUT2D eigenvalue weighted by Gasteiger charge is -2.18. The average molecular weight is 332 g/mol. The maximum atomic E-state index is 12.3. The molecule has 6 heteroatoms. The van der Waals surface area contributed by atoms with E-state index in [0.717, 1.165) is 17.9 Å². The first-order valence-electron chi connectivity index (χ1n) is 7.94. The lowest BCUT2D eigenvalue weighted by atomic mass is 10.1. The van der Waals surface area contributed by atoms with Gasteiger partial charge in [0.15, 0.2) is 0 Å². The highest BCUT2D eigenvalue weighted by molar-refractivity contribution is 8.14. The van der Waals surface area contributed by atoms with Crippen LogP contribution in [0.4, 0.5) is 5.69 Å². The zero-order valence-corrected chi connectivity index (χ0v) is 13.9. The summed E-state index contributed by atoms with van der Waals surface area (Å²) in [6.45, 7) is 2.46. The summed E-state index contributed by atoms with van der Waals surface area (Å²) in [6, 6.07) is 7.47. The predicted molar refractivity (Wildman–Crippen MR) is 90.3 cm³/mol. The van der Waals surface area contributed by atoms with Crippen molar-refractivity contribution in [3.05, 3.63) is 29.8 Å². The van der Waals surface area contributed by atoms with Gasteiger partial charge in [-0.2, -0.15) is 0 Å². The minimum Gasteiger partial charge on any atom is -0.345 e. The number of carbonyl (C=O) groups excluding carboxylic acids is 3. The van der Waals surface area contributed by atoms with E-state index < -0.39 is 0 Å². The quantitative estimate of drug-likeness (QED) is 0.912. The van der Waals surface area contributed by atoms with Gasteiger partial charge < -0.3 is 10.2 Å². The normalized spacial score (nSPS) is 24.3. The molecular weight excluding hydrogens is 312 g/mol. The van der Waals surface area contributed by atoms with E-state index in [-0.39, 0.29) is 35.3 Å². The summed E-state index contributed by atoms with van der Waals surface area (Å²) in [5.74, 6) is 0.142. The van der Waals surface area contributed by atoms with Crippen LogP contribution in [-0.4, -0.2) is 35.3 Å². The molecule has 1 aromatic carbocycles. The van der Waals surface area contributed by atoms with Gasteiger partial charge in [0.1, 0.15) is 0 Å². The molecular formula is C17H20N2O3S. The summed E-state index contributed by atoms with van der Waals surface area (Å²) in [5.41, 5.74) is 2.04. The fourth-order valence-electron chi connectivity index (χ4n) is 2.96. The lowest BCUT2D eigenvalue weighted by molar-refractivity contribution is -0.128. The van der Waals surface area contributed by atoms with E-state index in [9.17, 15) is 14.4 Å². The molecule has 2 aliphatic rings. The smallest absolute Gasteiger partial charge is 0.227 e. The van der Waals surface area contributed by atoms with E-state index in [1.807, 2.05) is 24.3 Å². The van der Waals surface area contributed by atoms with E-state index in [2.05, 4.69) is 12.2 Å². The van der Waals surface area contributed by atoms with Gasteiger partial charge in [0.2, 0.25) is 16.9 Å². The summed E-state index contributed by atoms with van der Waals surface area (Å²) in [5, 5.41) is 2.82. The molecule has 2 amide bonds. The van der Waals surface area contributed by atoms with Crippen molar-refractivity contribution in [1.82, 2.24) is 5.32 Å². The first-order valence-corrected chi connectivity index (χ1v) is 8.93. The maximum Gasteiger partial charge on any atom is 0.227 e. The third-order valence-electron chi connectivity index (χ3n) is 4.40. The summed E-state index contributed by atoms with van der Waals surface area (Å²) in [7, 11) is 0. The van der Waals surface area contributed by atoms with Crippen LogP contribution in [0.2, 0.25) is 0 Å². The number of benzene rings is 1. The Morgan fingerprint density at radius 3 is 2.65 bits per heavy atom. The average Bonchev–Trinajstić information content (AvgIpc) is 3.14. The first kappa shape index (κ1) is 16.1. The molecule has 3 rings (SSSR count). The van der Waals surface area contributed by atoms with Crippen LogP contribution in [0.1, 0.15) is 25.3 Å². The van der Waals surface area contributed by atoms with Gasteiger partial charge in [0.05, 0.1) is 12.0 Å². The van der Waals surface area contributed by atoms with Gasteiger partial charge in [-0.1, -0.05) is 30.8 Å². The molecule has 2 unspecified atom stereocenters. The monoisotopic (exact) mass is 332 g/mol. The van der Waals surface area contributed by atoms with Crippen LogP contribution in [0.3, 0.4) is 0 Å². The number of nitrogens with zero attached hydrogens (tertiary/aromatic N) is 1. The minimum atomic E-state index is -0.388. The van der Waals surface area contributed by atoms with E-state index in [1.165, 1.54) is 17.3 Å². The van der Waals surface area contributed by atoms with Crippen LogP contribution in [0.15, 0.2) is 24.3 Å². The maximum absolute atomic E-state index is 12.3. The summed E-state index contributed by atoms with van der Waals surface area (Å²) >= 11 is 1.26. The number of amides is 2. The fourth-order valence-corrected chi connectivity index (χ4v) is 3.89. The Kier molecular flexibility index (Phi) is 4.71. The van der Waals surface area contributed by atoms with Crippen molar-refractivity contribution >= 4 is 34.4 Å². The van der Waals surface area contributed by atoms with Gasteiger partial charge in [0.25, 0.3) is 0 Å². The van der Waals surface area contributed by atoms with Crippen LogP contribution >= 0.6 is 11.8 Å². The molecule has 2 atom stereocenters. The van der Waals surface area contributed by atoms with Crippen LogP contribution < -0.4 is 10.2 Å². The molecule has 2 aliphatic heterocycles. The summed E-state index contributed by atoms with van der Waals surface area (Å²) in [6.07, 6.45) is 1.83. The highest BCUT2D eigenvalue weighted by atomic mass is 32.2. The number of rotatable bonds is 4. The molecule has 5 nitrogen and oxygen atoms in total. The number of anilines is 1. The Hall–Kier alpha value is -1.82. The van der Waals surface area contributed by atoms with E-state index in [1.54, 1.807) is 4.90 Å². The number of nitrogens with one attached hydrogen (secondary N) is 1. The standard InChI is InChI=1S/C17H20N2O3S/c1-2-11-3-5-13(6-4-11)19-10-12(9-15(19)20)16(21)18-14-7-8-23-17(14)22/h3-6,12,14H,2,7-10H2,1H3,(H,18,21). The van der Waals surface area contributed by atoms with Crippen molar-refractivity contribution in [2.24, 2.45) is 5.92 Å². The van der Waals surface area contributed by atoms with E-state index in [0.29, 0.717) is 13.0 Å². The second kappa shape index (κ2) is 6.74. The zero-order chi connectivity index (χ0) is 16.4. The van der Waals surface area contributed by atoms with Crippen LogP contribution in [0, 0.1) is 5.92 Å². The third kappa shape index (κ3) is 3.42. The van der Waals surface area contributed by atoms with Crippen LogP contribution in [0.25, 0.3) is 0 Å². The lowest BCUT2D eigenvalue weighted by Crippen LogP contribution is -2.41. The number of aryl methyl sites for hydroxylation is 1. The van der Waals surface area contributed by atoms with Crippen molar-refractivity contribution < 1.29 is 14.4 Å². The number of carbonyl (C=O) groups is 3. The Morgan fingerprint density at radius 1 is 1.30 bits per heavy atom. The number of hydrogen-bond donors (Lipinski definition) is 1. The predicted octanol–water partition coefficient (Wildman–Crippen LogP) is 1.75. The van der Waals surface area contributed by atoms with Crippen LogP contribution in [0.5, 0.6) is 0 Å². The minimum absolute atomic E-state index is 0.0229. The molecule has 1 N–H and O–H groups in total. The Balaban J connectivity index is 1.64.